The van der Waals surface area contributed by atoms with Crippen LogP contribution in [-0.4, -0.2) is 35.1 Å². The predicted molar refractivity (Wildman–Crippen MR) is 69.6 cm³/mol. The molecule has 4 nitrogen and oxygen atoms in total. The van der Waals surface area contributed by atoms with Crippen molar-refractivity contribution in [1.29, 1.82) is 0 Å². The van der Waals surface area contributed by atoms with E-state index >= 15 is 0 Å². The minimum atomic E-state index is -1.10. The summed E-state index contributed by atoms with van der Waals surface area (Å²) in [6, 6.07) is 3.87. The van der Waals surface area contributed by atoms with Gasteiger partial charge in [0.15, 0.2) is 11.6 Å². The molecular formula is C14H18F2N2O2. The predicted octanol–water partition coefficient (Wildman–Crippen LogP) is 1.02. The Morgan fingerprint density at radius 3 is 2.55 bits per heavy atom. The van der Waals surface area contributed by atoms with Crippen LogP contribution < -0.4 is 5.73 Å². The smallest absolute Gasteiger partial charge is 0.246 e. The number of rotatable bonds is 4. The largest absolute Gasteiger partial charge is 0.383 e. The SMILES string of the molecule is NC(=O)C(O)C1CCN(Cc2ccc(F)c(F)c2)CC1. The Bertz CT molecular complexity index is 488. The number of aliphatic hydroxyl groups excluding tert-OH is 1. The number of likely N-dealkylation sites (tertiary alicyclic amines) is 1. The quantitative estimate of drug-likeness (QED) is 0.867. The highest BCUT2D eigenvalue weighted by Crippen LogP contribution is 2.22. The van der Waals surface area contributed by atoms with E-state index in [0.29, 0.717) is 38.0 Å². The van der Waals surface area contributed by atoms with Gasteiger partial charge in [0.2, 0.25) is 5.91 Å². The van der Waals surface area contributed by atoms with E-state index in [1.54, 1.807) is 6.07 Å². The number of aliphatic hydroxyl groups is 1. The molecule has 1 saturated heterocycles. The number of carbonyl (C=O) groups is 1. The number of nitrogens with zero attached hydrogens (tertiary/aromatic N) is 1. The molecule has 1 aromatic carbocycles. The van der Waals surface area contributed by atoms with E-state index in [4.69, 9.17) is 5.73 Å². The highest BCUT2D eigenvalue weighted by molar-refractivity contribution is 5.78. The molecule has 1 unspecified atom stereocenters. The van der Waals surface area contributed by atoms with Gasteiger partial charge in [-0.1, -0.05) is 6.07 Å². The van der Waals surface area contributed by atoms with Gasteiger partial charge in [0.25, 0.3) is 0 Å². The Morgan fingerprint density at radius 1 is 1.35 bits per heavy atom. The molecule has 1 aromatic rings. The lowest BCUT2D eigenvalue weighted by Crippen LogP contribution is -2.42. The van der Waals surface area contributed by atoms with Crippen molar-refractivity contribution in [2.75, 3.05) is 13.1 Å². The molecule has 6 heteroatoms. The van der Waals surface area contributed by atoms with Crippen LogP contribution in [0.4, 0.5) is 8.78 Å². The molecule has 1 atom stereocenters. The van der Waals surface area contributed by atoms with Crippen LogP contribution in [0.1, 0.15) is 18.4 Å². The van der Waals surface area contributed by atoms with Crippen LogP contribution in [0, 0.1) is 17.6 Å². The van der Waals surface area contributed by atoms with Crippen molar-refractivity contribution < 1.29 is 18.7 Å². The van der Waals surface area contributed by atoms with Crippen LogP contribution >= 0.6 is 0 Å². The molecular weight excluding hydrogens is 266 g/mol. The van der Waals surface area contributed by atoms with Crippen molar-refractivity contribution in [3.05, 3.63) is 35.4 Å². The van der Waals surface area contributed by atoms with Gasteiger partial charge in [0.1, 0.15) is 6.10 Å². The van der Waals surface area contributed by atoms with Crippen molar-refractivity contribution in [3.63, 3.8) is 0 Å². The summed E-state index contributed by atoms with van der Waals surface area (Å²) in [7, 11) is 0. The van der Waals surface area contributed by atoms with Crippen molar-refractivity contribution in [1.82, 2.24) is 4.90 Å². The van der Waals surface area contributed by atoms with E-state index < -0.39 is 23.6 Å². The van der Waals surface area contributed by atoms with E-state index in [0.717, 1.165) is 6.07 Å². The van der Waals surface area contributed by atoms with Gasteiger partial charge < -0.3 is 10.8 Å². The third-order valence-corrected chi connectivity index (χ3v) is 3.76. The van der Waals surface area contributed by atoms with E-state index in [2.05, 4.69) is 4.90 Å². The summed E-state index contributed by atoms with van der Waals surface area (Å²) >= 11 is 0. The van der Waals surface area contributed by atoms with Crippen molar-refractivity contribution in [3.8, 4) is 0 Å². The Kier molecular flexibility index (Phi) is 4.67. The van der Waals surface area contributed by atoms with Gasteiger partial charge in [-0.2, -0.15) is 0 Å². The molecule has 20 heavy (non-hydrogen) atoms. The average Bonchev–Trinajstić information content (AvgIpc) is 2.43. The first-order valence-corrected chi connectivity index (χ1v) is 6.61. The minimum Gasteiger partial charge on any atom is -0.383 e. The zero-order valence-electron chi connectivity index (χ0n) is 11.1. The molecule has 0 bridgehead atoms. The van der Waals surface area contributed by atoms with Gasteiger partial charge in [0, 0.05) is 6.54 Å². The van der Waals surface area contributed by atoms with Gasteiger partial charge in [-0.05, 0) is 49.5 Å². The van der Waals surface area contributed by atoms with Gasteiger partial charge in [0.05, 0.1) is 0 Å². The van der Waals surface area contributed by atoms with E-state index in [-0.39, 0.29) is 5.92 Å². The van der Waals surface area contributed by atoms with Crippen LogP contribution in [0.15, 0.2) is 18.2 Å². The van der Waals surface area contributed by atoms with Crippen LogP contribution in [0.3, 0.4) is 0 Å². The fourth-order valence-electron chi connectivity index (χ4n) is 2.56. The molecule has 1 aliphatic rings. The summed E-state index contributed by atoms with van der Waals surface area (Å²) < 4.78 is 25.9. The summed E-state index contributed by atoms with van der Waals surface area (Å²) in [5.41, 5.74) is 5.78. The third kappa shape index (κ3) is 3.52. The lowest BCUT2D eigenvalue weighted by molar-refractivity contribution is -0.129. The van der Waals surface area contributed by atoms with E-state index in [1.165, 1.54) is 6.07 Å². The lowest BCUT2D eigenvalue weighted by atomic mass is 9.90. The molecule has 0 saturated carbocycles. The summed E-state index contributed by atoms with van der Waals surface area (Å²) in [5, 5.41) is 9.61. The summed E-state index contributed by atoms with van der Waals surface area (Å²) in [6.07, 6.45) is 0.224. The van der Waals surface area contributed by atoms with Crippen LogP contribution in [0.5, 0.6) is 0 Å². The number of benzene rings is 1. The van der Waals surface area contributed by atoms with Crippen LogP contribution in [-0.2, 0) is 11.3 Å². The number of halogens is 2. The molecule has 1 aliphatic heterocycles. The molecule has 2 rings (SSSR count). The maximum atomic E-state index is 13.1. The topological polar surface area (TPSA) is 66.6 Å². The molecule has 110 valence electrons. The number of amides is 1. The second-order valence-corrected chi connectivity index (χ2v) is 5.21. The highest BCUT2D eigenvalue weighted by Gasteiger charge is 2.28. The second-order valence-electron chi connectivity index (χ2n) is 5.21. The Labute approximate surface area is 116 Å². The first-order valence-electron chi connectivity index (χ1n) is 6.61. The minimum absolute atomic E-state index is 0.117. The molecule has 0 radical (unpaired) electrons. The first-order chi connectivity index (χ1) is 9.47. The summed E-state index contributed by atoms with van der Waals surface area (Å²) in [6.45, 7) is 1.90. The second kappa shape index (κ2) is 6.28. The Morgan fingerprint density at radius 2 is 2.00 bits per heavy atom. The Hall–Kier alpha value is -1.53. The number of piperidine rings is 1. The Balaban J connectivity index is 1.88. The monoisotopic (exact) mass is 284 g/mol. The maximum Gasteiger partial charge on any atom is 0.246 e. The fraction of sp³-hybridized carbons (Fsp3) is 0.500. The van der Waals surface area contributed by atoms with Crippen molar-refractivity contribution in [2.45, 2.75) is 25.5 Å². The van der Waals surface area contributed by atoms with E-state index in [9.17, 15) is 18.7 Å². The molecule has 0 spiro atoms. The van der Waals surface area contributed by atoms with Gasteiger partial charge in [-0.25, -0.2) is 8.78 Å². The fourth-order valence-corrected chi connectivity index (χ4v) is 2.56. The van der Waals surface area contributed by atoms with Gasteiger partial charge >= 0.3 is 0 Å². The molecule has 0 aromatic heterocycles. The average molecular weight is 284 g/mol. The number of nitrogens with two attached hydrogens (primary N) is 1. The maximum absolute atomic E-state index is 13.1. The van der Waals surface area contributed by atoms with Crippen LogP contribution in [0.2, 0.25) is 0 Å². The van der Waals surface area contributed by atoms with Gasteiger partial charge in [-0.15, -0.1) is 0 Å². The number of primary amides is 1. The zero-order valence-corrected chi connectivity index (χ0v) is 11.1. The molecule has 3 N–H and O–H groups in total. The lowest BCUT2D eigenvalue weighted by Gasteiger charge is -2.33. The third-order valence-electron chi connectivity index (χ3n) is 3.76. The van der Waals surface area contributed by atoms with Gasteiger partial charge in [-0.3, -0.25) is 9.69 Å². The number of hydrogen-bond donors (Lipinski definition) is 2. The molecule has 1 fully saturated rings. The molecule has 0 aliphatic carbocycles. The number of carbonyl (C=O) groups excluding carboxylic acids is 1. The summed E-state index contributed by atoms with van der Waals surface area (Å²) in [5.74, 6) is -2.50. The van der Waals surface area contributed by atoms with Crippen LogP contribution in [0.25, 0.3) is 0 Å². The first kappa shape index (κ1) is 14.9. The van der Waals surface area contributed by atoms with Crippen molar-refractivity contribution >= 4 is 5.91 Å². The summed E-state index contributed by atoms with van der Waals surface area (Å²) in [4.78, 5) is 13.0. The van der Waals surface area contributed by atoms with E-state index in [1.807, 2.05) is 0 Å². The standard InChI is InChI=1S/C14H18F2N2O2/c15-11-2-1-9(7-12(11)16)8-18-5-3-10(4-6-18)13(19)14(17)20/h1-2,7,10,13,19H,3-6,8H2,(H2,17,20). The highest BCUT2D eigenvalue weighted by atomic mass is 19.2. The molecule has 1 amide bonds. The van der Waals surface area contributed by atoms with Crippen molar-refractivity contribution in [2.24, 2.45) is 11.7 Å². The normalized spacial score (nSPS) is 18.9. The number of hydrogen-bond acceptors (Lipinski definition) is 3. The molecule has 1 heterocycles. The zero-order chi connectivity index (χ0) is 14.7.